The van der Waals surface area contributed by atoms with Crippen LogP contribution in [-0.2, 0) is 17.6 Å². The largest absolute Gasteiger partial charge is 0.356 e. The van der Waals surface area contributed by atoms with Crippen LogP contribution in [0.15, 0.2) is 6.07 Å². The van der Waals surface area contributed by atoms with E-state index in [1.165, 1.54) is 43.4 Å². The van der Waals surface area contributed by atoms with E-state index in [-0.39, 0.29) is 5.91 Å². The Morgan fingerprint density at radius 3 is 2.78 bits per heavy atom. The number of aryl methyl sites for hydroxylation is 2. The SMILES string of the molecule is O=C(CC1CCCC1)NCC1CN(c2cc3c(nn2)CCC3)C1. The van der Waals surface area contributed by atoms with Crippen molar-refractivity contribution in [3.8, 4) is 0 Å². The highest BCUT2D eigenvalue weighted by Crippen LogP contribution is 2.28. The second kappa shape index (κ2) is 6.46. The molecule has 2 aliphatic carbocycles. The van der Waals surface area contributed by atoms with Crippen LogP contribution in [0.5, 0.6) is 0 Å². The monoisotopic (exact) mass is 314 g/mol. The van der Waals surface area contributed by atoms with Crippen molar-refractivity contribution in [3.05, 3.63) is 17.3 Å². The normalized spacial score (nSPS) is 21.3. The standard InChI is InChI=1S/C18H26N4O/c23-18(8-13-4-1-2-5-13)19-10-14-11-22(12-14)17-9-15-6-3-7-16(15)20-21-17/h9,13-14H,1-8,10-12H2,(H,19,23). The summed E-state index contributed by atoms with van der Waals surface area (Å²) in [5.41, 5.74) is 2.56. The summed E-state index contributed by atoms with van der Waals surface area (Å²) in [7, 11) is 0. The molecule has 124 valence electrons. The summed E-state index contributed by atoms with van der Waals surface area (Å²) < 4.78 is 0. The van der Waals surface area contributed by atoms with Crippen molar-refractivity contribution in [1.29, 1.82) is 0 Å². The quantitative estimate of drug-likeness (QED) is 0.904. The van der Waals surface area contributed by atoms with Gasteiger partial charge in [0.05, 0.1) is 5.69 Å². The molecule has 1 N–H and O–H groups in total. The van der Waals surface area contributed by atoms with Gasteiger partial charge in [-0.1, -0.05) is 12.8 Å². The van der Waals surface area contributed by atoms with Crippen LogP contribution in [0.2, 0.25) is 0 Å². The Morgan fingerprint density at radius 2 is 1.96 bits per heavy atom. The molecule has 0 radical (unpaired) electrons. The van der Waals surface area contributed by atoms with E-state index in [0.717, 1.165) is 44.7 Å². The van der Waals surface area contributed by atoms with Gasteiger partial charge in [0.15, 0.2) is 5.82 Å². The zero-order valence-corrected chi connectivity index (χ0v) is 13.8. The van der Waals surface area contributed by atoms with Crippen LogP contribution in [0, 0.1) is 11.8 Å². The lowest BCUT2D eigenvalue weighted by atomic mass is 9.99. The Morgan fingerprint density at radius 1 is 1.13 bits per heavy atom. The van der Waals surface area contributed by atoms with E-state index in [1.54, 1.807) is 0 Å². The lowest BCUT2D eigenvalue weighted by Crippen LogP contribution is -2.52. The molecule has 3 aliphatic rings. The van der Waals surface area contributed by atoms with Gasteiger partial charge in [-0.25, -0.2) is 0 Å². The van der Waals surface area contributed by atoms with Crippen molar-refractivity contribution in [3.63, 3.8) is 0 Å². The highest BCUT2D eigenvalue weighted by Gasteiger charge is 2.29. The molecule has 4 rings (SSSR count). The van der Waals surface area contributed by atoms with E-state index in [0.29, 0.717) is 11.8 Å². The van der Waals surface area contributed by atoms with Gasteiger partial charge in [0.1, 0.15) is 0 Å². The van der Waals surface area contributed by atoms with E-state index in [2.05, 4.69) is 26.5 Å². The second-order valence-electron chi connectivity index (χ2n) is 7.46. The summed E-state index contributed by atoms with van der Waals surface area (Å²) in [6.45, 7) is 2.77. The van der Waals surface area contributed by atoms with Crippen LogP contribution in [0.4, 0.5) is 5.82 Å². The molecule has 5 nitrogen and oxygen atoms in total. The number of amides is 1. The maximum Gasteiger partial charge on any atom is 0.220 e. The fourth-order valence-electron chi connectivity index (χ4n) is 4.16. The molecule has 1 aromatic heterocycles. The number of carbonyl (C=O) groups is 1. The first-order valence-electron chi connectivity index (χ1n) is 9.15. The molecule has 1 aromatic rings. The molecule has 1 amide bonds. The molecule has 2 heterocycles. The fourth-order valence-corrected chi connectivity index (χ4v) is 4.16. The highest BCUT2D eigenvalue weighted by molar-refractivity contribution is 5.76. The van der Waals surface area contributed by atoms with Gasteiger partial charge in [-0.2, -0.15) is 5.10 Å². The third-order valence-electron chi connectivity index (χ3n) is 5.62. The van der Waals surface area contributed by atoms with Crippen molar-refractivity contribution < 1.29 is 4.79 Å². The van der Waals surface area contributed by atoms with Crippen molar-refractivity contribution >= 4 is 11.7 Å². The summed E-state index contributed by atoms with van der Waals surface area (Å²) in [4.78, 5) is 14.3. The molecule has 0 spiro atoms. The van der Waals surface area contributed by atoms with Crippen LogP contribution < -0.4 is 10.2 Å². The number of hydrogen-bond donors (Lipinski definition) is 1. The van der Waals surface area contributed by atoms with Gasteiger partial charge in [0.2, 0.25) is 5.91 Å². The first-order valence-corrected chi connectivity index (χ1v) is 9.15. The number of aromatic nitrogens is 2. The third-order valence-corrected chi connectivity index (χ3v) is 5.62. The Bertz CT molecular complexity index is 576. The van der Waals surface area contributed by atoms with Gasteiger partial charge >= 0.3 is 0 Å². The second-order valence-corrected chi connectivity index (χ2v) is 7.46. The predicted octanol–water partition coefficient (Wildman–Crippen LogP) is 2.10. The number of rotatable bonds is 5. The van der Waals surface area contributed by atoms with Crippen LogP contribution in [0.3, 0.4) is 0 Å². The van der Waals surface area contributed by atoms with Gasteiger partial charge in [0.25, 0.3) is 0 Å². The van der Waals surface area contributed by atoms with E-state index >= 15 is 0 Å². The maximum absolute atomic E-state index is 12.0. The molecule has 23 heavy (non-hydrogen) atoms. The molecule has 1 aliphatic heterocycles. The minimum atomic E-state index is 0.243. The van der Waals surface area contributed by atoms with Crippen molar-refractivity contribution in [2.45, 2.75) is 51.4 Å². The summed E-state index contributed by atoms with van der Waals surface area (Å²) in [6.07, 6.45) is 9.25. The van der Waals surface area contributed by atoms with Crippen LogP contribution in [0.25, 0.3) is 0 Å². The van der Waals surface area contributed by atoms with Crippen LogP contribution >= 0.6 is 0 Å². The number of anilines is 1. The predicted molar refractivity (Wildman–Crippen MR) is 89.3 cm³/mol. The number of carbonyl (C=O) groups excluding carboxylic acids is 1. The first-order chi connectivity index (χ1) is 11.3. The topological polar surface area (TPSA) is 58.1 Å². The third kappa shape index (κ3) is 3.33. The van der Waals surface area contributed by atoms with Gasteiger partial charge < -0.3 is 10.2 Å². The van der Waals surface area contributed by atoms with Gasteiger partial charge in [0, 0.05) is 32.0 Å². The van der Waals surface area contributed by atoms with E-state index in [4.69, 9.17) is 0 Å². The first kappa shape index (κ1) is 14.9. The fraction of sp³-hybridized carbons (Fsp3) is 0.722. The van der Waals surface area contributed by atoms with E-state index < -0.39 is 0 Å². The average Bonchev–Trinajstić information content (AvgIpc) is 3.16. The molecule has 0 unspecified atom stereocenters. The van der Waals surface area contributed by atoms with Crippen molar-refractivity contribution in [2.24, 2.45) is 11.8 Å². The van der Waals surface area contributed by atoms with E-state index in [1.807, 2.05) is 0 Å². The molecular weight excluding hydrogens is 288 g/mol. The smallest absolute Gasteiger partial charge is 0.220 e. The lowest BCUT2D eigenvalue weighted by Gasteiger charge is -2.40. The Balaban J connectivity index is 1.20. The van der Waals surface area contributed by atoms with Gasteiger partial charge in [-0.05, 0) is 49.7 Å². The number of nitrogens with zero attached hydrogens (tertiary/aromatic N) is 3. The average molecular weight is 314 g/mol. The summed E-state index contributed by atoms with van der Waals surface area (Å²) in [5, 5.41) is 11.8. The molecule has 0 aromatic carbocycles. The summed E-state index contributed by atoms with van der Waals surface area (Å²) >= 11 is 0. The molecule has 2 fully saturated rings. The van der Waals surface area contributed by atoms with Crippen molar-refractivity contribution in [1.82, 2.24) is 15.5 Å². The Kier molecular flexibility index (Phi) is 4.19. The van der Waals surface area contributed by atoms with Crippen LogP contribution in [0.1, 0.15) is 49.8 Å². The minimum Gasteiger partial charge on any atom is -0.356 e. The molecular formula is C18H26N4O. The zero-order chi connectivity index (χ0) is 15.6. The van der Waals surface area contributed by atoms with Gasteiger partial charge in [-0.3, -0.25) is 4.79 Å². The number of hydrogen-bond acceptors (Lipinski definition) is 4. The summed E-state index contributed by atoms with van der Waals surface area (Å²) in [5.74, 6) is 2.44. The van der Waals surface area contributed by atoms with Gasteiger partial charge in [-0.15, -0.1) is 5.10 Å². The highest BCUT2D eigenvalue weighted by atomic mass is 16.1. The van der Waals surface area contributed by atoms with E-state index in [9.17, 15) is 4.79 Å². The van der Waals surface area contributed by atoms with Crippen LogP contribution in [-0.4, -0.2) is 35.7 Å². The number of fused-ring (bicyclic) bond motifs is 1. The summed E-state index contributed by atoms with van der Waals surface area (Å²) in [6, 6.07) is 2.21. The Hall–Kier alpha value is -1.65. The molecule has 1 saturated carbocycles. The molecule has 0 bridgehead atoms. The Labute approximate surface area is 137 Å². The molecule has 0 atom stereocenters. The molecule has 1 saturated heterocycles. The number of nitrogens with one attached hydrogen (secondary N) is 1. The zero-order valence-electron chi connectivity index (χ0n) is 13.8. The molecule has 5 heteroatoms. The lowest BCUT2D eigenvalue weighted by molar-refractivity contribution is -0.122. The maximum atomic E-state index is 12.0. The minimum absolute atomic E-state index is 0.243. The van der Waals surface area contributed by atoms with Crippen molar-refractivity contribution in [2.75, 3.05) is 24.5 Å².